The van der Waals surface area contributed by atoms with Crippen molar-refractivity contribution < 1.29 is 9.53 Å². The van der Waals surface area contributed by atoms with Crippen LogP contribution in [0.2, 0.25) is 5.02 Å². The fourth-order valence-corrected chi connectivity index (χ4v) is 3.95. The van der Waals surface area contributed by atoms with Crippen LogP contribution in [-0.2, 0) is 17.7 Å². The molecule has 152 valence electrons. The lowest BCUT2D eigenvalue weighted by Crippen LogP contribution is -2.35. The van der Waals surface area contributed by atoms with Crippen LogP contribution in [0.4, 0.5) is 0 Å². The van der Waals surface area contributed by atoms with E-state index in [2.05, 4.69) is 40.2 Å². The van der Waals surface area contributed by atoms with Gasteiger partial charge in [0.2, 0.25) is 0 Å². The molecule has 0 saturated heterocycles. The number of aromatic amines is 1. The second kappa shape index (κ2) is 8.14. The number of nitrogens with one attached hydrogen (secondary N) is 2. The Hall–Kier alpha value is -2.41. The molecule has 0 saturated carbocycles. The summed E-state index contributed by atoms with van der Waals surface area (Å²) in [5, 5.41) is 3.69. The minimum absolute atomic E-state index is 0.139. The molecular formula is C22H25ClN4O2. The fourth-order valence-electron chi connectivity index (χ4n) is 3.77. The summed E-state index contributed by atoms with van der Waals surface area (Å²) in [6.45, 7) is 3.43. The van der Waals surface area contributed by atoms with E-state index in [1.54, 1.807) is 13.2 Å². The van der Waals surface area contributed by atoms with Crippen molar-refractivity contribution in [3.8, 4) is 0 Å². The van der Waals surface area contributed by atoms with E-state index < -0.39 is 0 Å². The van der Waals surface area contributed by atoms with Crippen molar-refractivity contribution in [1.82, 2.24) is 20.2 Å². The highest BCUT2D eigenvalue weighted by Crippen LogP contribution is 2.24. The number of hydrogen-bond acceptors (Lipinski definition) is 4. The van der Waals surface area contributed by atoms with Gasteiger partial charge in [-0.05, 0) is 61.9 Å². The van der Waals surface area contributed by atoms with Gasteiger partial charge in [-0.15, -0.1) is 0 Å². The Labute approximate surface area is 175 Å². The molecule has 29 heavy (non-hydrogen) atoms. The topological polar surface area (TPSA) is 70.2 Å². The molecule has 1 aliphatic rings. The number of nitrogens with zero attached hydrogens (tertiary/aromatic N) is 2. The molecule has 6 nitrogen and oxygen atoms in total. The van der Waals surface area contributed by atoms with Gasteiger partial charge < -0.3 is 15.0 Å². The van der Waals surface area contributed by atoms with Gasteiger partial charge in [0, 0.05) is 30.3 Å². The maximum Gasteiger partial charge on any atom is 0.251 e. The average molecular weight is 413 g/mol. The summed E-state index contributed by atoms with van der Waals surface area (Å²) in [6, 6.07) is 11.5. The Bertz CT molecular complexity index is 1050. The molecule has 2 heterocycles. The van der Waals surface area contributed by atoms with Crippen LogP contribution in [-0.4, -0.2) is 47.6 Å². The average Bonchev–Trinajstić information content (AvgIpc) is 3.11. The van der Waals surface area contributed by atoms with Crippen molar-refractivity contribution in [2.24, 2.45) is 0 Å². The lowest BCUT2D eigenvalue weighted by atomic mass is 9.93. The Balaban J connectivity index is 1.56. The third kappa shape index (κ3) is 4.15. The summed E-state index contributed by atoms with van der Waals surface area (Å²) >= 11 is 6.07. The minimum Gasteiger partial charge on any atom is -0.382 e. The van der Waals surface area contributed by atoms with E-state index >= 15 is 0 Å². The van der Waals surface area contributed by atoms with Crippen LogP contribution in [0.25, 0.3) is 11.0 Å². The van der Waals surface area contributed by atoms with Crippen molar-refractivity contribution in [1.29, 1.82) is 0 Å². The van der Waals surface area contributed by atoms with Crippen LogP contribution in [0.1, 0.15) is 40.3 Å². The highest BCUT2D eigenvalue weighted by atomic mass is 35.5. The van der Waals surface area contributed by atoms with Crippen molar-refractivity contribution in [2.45, 2.75) is 32.0 Å². The largest absolute Gasteiger partial charge is 0.382 e. The van der Waals surface area contributed by atoms with Crippen LogP contribution in [0.15, 0.2) is 36.4 Å². The van der Waals surface area contributed by atoms with Gasteiger partial charge in [0.1, 0.15) is 11.9 Å². The number of imidazole rings is 1. The summed E-state index contributed by atoms with van der Waals surface area (Å²) < 4.78 is 5.32. The number of carbonyl (C=O) groups excluding carboxylic acids is 1. The fraction of sp³-hybridized carbons (Fsp3) is 0.364. The third-order valence-corrected chi connectivity index (χ3v) is 5.82. The SMILES string of the molecule is COC[C@H](NC(=O)c1ccc2c(c1)C[C@H](C)N(C)C2)c1nc2ccc(Cl)cc2[nH]1. The molecule has 0 unspecified atom stereocenters. The summed E-state index contributed by atoms with van der Waals surface area (Å²) in [7, 11) is 3.74. The quantitative estimate of drug-likeness (QED) is 0.670. The number of hydrogen-bond donors (Lipinski definition) is 2. The number of amides is 1. The molecule has 4 rings (SSSR count). The first kappa shape index (κ1) is 19.9. The van der Waals surface area contributed by atoms with Crippen LogP contribution < -0.4 is 5.32 Å². The number of likely N-dealkylation sites (N-methyl/N-ethyl adjacent to an activating group) is 1. The van der Waals surface area contributed by atoms with Crippen molar-refractivity contribution in [3.05, 3.63) is 63.9 Å². The van der Waals surface area contributed by atoms with E-state index in [0.29, 0.717) is 29.1 Å². The first-order valence-electron chi connectivity index (χ1n) is 9.71. The number of aromatic nitrogens is 2. The summed E-state index contributed by atoms with van der Waals surface area (Å²) in [5.41, 5.74) is 4.80. The number of H-pyrrole nitrogens is 1. The summed E-state index contributed by atoms with van der Waals surface area (Å²) in [4.78, 5) is 23.1. The molecule has 2 aromatic carbocycles. The number of methoxy groups -OCH3 is 1. The molecule has 0 bridgehead atoms. The lowest BCUT2D eigenvalue weighted by molar-refractivity contribution is 0.0892. The van der Waals surface area contributed by atoms with Crippen LogP contribution in [0.5, 0.6) is 0 Å². The van der Waals surface area contributed by atoms with E-state index in [0.717, 1.165) is 24.0 Å². The highest BCUT2D eigenvalue weighted by Gasteiger charge is 2.23. The van der Waals surface area contributed by atoms with Crippen molar-refractivity contribution >= 4 is 28.5 Å². The zero-order chi connectivity index (χ0) is 20.5. The van der Waals surface area contributed by atoms with Gasteiger partial charge >= 0.3 is 0 Å². The van der Waals surface area contributed by atoms with Gasteiger partial charge in [0.15, 0.2) is 0 Å². The first-order chi connectivity index (χ1) is 13.9. The second-order valence-corrected chi connectivity index (χ2v) is 8.15. The zero-order valence-electron chi connectivity index (χ0n) is 16.8. The number of carbonyl (C=O) groups is 1. The molecule has 0 aliphatic carbocycles. The molecule has 1 amide bonds. The Kier molecular flexibility index (Phi) is 5.58. The van der Waals surface area contributed by atoms with Crippen LogP contribution in [0.3, 0.4) is 0 Å². The minimum atomic E-state index is -0.389. The molecule has 1 aliphatic heterocycles. The highest BCUT2D eigenvalue weighted by molar-refractivity contribution is 6.31. The van der Waals surface area contributed by atoms with Crippen molar-refractivity contribution in [2.75, 3.05) is 20.8 Å². The first-order valence-corrected chi connectivity index (χ1v) is 10.1. The normalized spacial score (nSPS) is 17.9. The third-order valence-electron chi connectivity index (χ3n) is 5.59. The Morgan fingerprint density at radius 2 is 2.17 bits per heavy atom. The van der Waals surface area contributed by atoms with E-state index in [1.807, 2.05) is 24.3 Å². The maximum absolute atomic E-state index is 13.0. The number of ether oxygens (including phenoxy) is 1. The van der Waals surface area contributed by atoms with E-state index in [4.69, 9.17) is 16.3 Å². The summed E-state index contributed by atoms with van der Waals surface area (Å²) in [5.74, 6) is 0.505. The number of halogens is 1. The number of fused-ring (bicyclic) bond motifs is 2. The van der Waals surface area contributed by atoms with Gasteiger partial charge in [0.25, 0.3) is 5.91 Å². The van der Waals surface area contributed by atoms with E-state index in [9.17, 15) is 4.79 Å². The molecule has 0 radical (unpaired) electrons. The molecule has 3 aromatic rings. The predicted molar refractivity (Wildman–Crippen MR) is 114 cm³/mol. The Morgan fingerprint density at radius 1 is 1.34 bits per heavy atom. The second-order valence-electron chi connectivity index (χ2n) is 7.72. The van der Waals surface area contributed by atoms with Gasteiger partial charge in [-0.1, -0.05) is 17.7 Å². The summed E-state index contributed by atoms with van der Waals surface area (Å²) in [6.07, 6.45) is 0.943. The van der Waals surface area contributed by atoms with E-state index in [-0.39, 0.29) is 11.9 Å². The monoisotopic (exact) mass is 412 g/mol. The molecule has 7 heteroatoms. The smallest absolute Gasteiger partial charge is 0.251 e. The molecule has 0 fully saturated rings. The van der Waals surface area contributed by atoms with Gasteiger partial charge in [-0.2, -0.15) is 0 Å². The Morgan fingerprint density at radius 3 is 2.97 bits per heavy atom. The molecule has 2 atom stereocenters. The lowest BCUT2D eigenvalue weighted by Gasteiger charge is -2.31. The standard InChI is InChI=1S/C22H25ClN4O2/c1-13-8-16-9-14(4-5-15(16)11-27(13)2)22(28)26-20(12-29-3)21-24-18-7-6-17(23)10-19(18)25-21/h4-7,9-10,13,20H,8,11-12H2,1-3H3,(H,24,25)(H,26,28)/t13-,20-/m0/s1. The van der Waals surface area contributed by atoms with Gasteiger partial charge in [-0.25, -0.2) is 4.98 Å². The number of benzene rings is 2. The molecule has 0 spiro atoms. The molecular weight excluding hydrogens is 388 g/mol. The van der Waals surface area contributed by atoms with Crippen LogP contribution in [0, 0.1) is 0 Å². The number of rotatable bonds is 5. The van der Waals surface area contributed by atoms with Gasteiger partial charge in [0.05, 0.1) is 17.6 Å². The molecule has 2 N–H and O–H groups in total. The zero-order valence-corrected chi connectivity index (χ0v) is 17.6. The maximum atomic E-state index is 13.0. The van der Waals surface area contributed by atoms with Gasteiger partial charge in [-0.3, -0.25) is 9.69 Å². The van der Waals surface area contributed by atoms with E-state index in [1.165, 1.54) is 11.1 Å². The van der Waals surface area contributed by atoms with Crippen LogP contribution >= 0.6 is 11.6 Å². The van der Waals surface area contributed by atoms with Crippen molar-refractivity contribution in [3.63, 3.8) is 0 Å². The molecule has 1 aromatic heterocycles. The predicted octanol–water partition coefficient (Wildman–Crippen LogP) is 3.71.